The number of carboxylic acid groups (broad SMARTS) is 1. The summed E-state index contributed by atoms with van der Waals surface area (Å²) in [6, 6.07) is 0. The molecular formula is C28H46O2. The molecule has 4 unspecified atom stereocenters. The summed E-state index contributed by atoms with van der Waals surface area (Å²) in [5.41, 5.74) is 2.32. The van der Waals surface area contributed by atoms with Gasteiger partial charge in [0.1, 0.15) is 0 Å². The Morgan fingerprint density at radius 1 is 1.07 bits per heavy atom. The molecule has 4 aliphatic rings. The molecule has 2 heteroatoms. The number of aliphatic carboxylic acids is 1. The molecule has 3 saturated carbocycles. The Morgan fingerprint density at radius 3 is 2.53 bits per heavy atom. The fourth-order valence-electron chi connectivity index (χ4n) is 8.90. The van der Waals surface area contributed by atoms with Crippen LogP contribution >= 0.6 is 0 Å². The highest BCUT2D eigenvalue weighted by atomic mass is 16.4. The van der Waals surface area contributed by atoms with Gasteiger partial charge in [0.25, 0.3) is 0 Å². The number of rotatable bonds is 6. The van der Waals surface area contributed by atoms with Crippen molar-refractivity contribution >= 4 is 5.97 Å². The average molecular weight is 415 g/mol. The van der Waals surface area contributed by atoms with Gasteiger partial charge in [0, 0.05) is 0 Å². The molecule has 170 valence electrons. The molecule has 0 aliphatic heterocycles. The van der Waals surface area contributed by atoms with Crippen LogP contribution in [0.25, 0.3) is 0 Å². The average Bonchev–Trinajstić information content (AvgIpc) is 3.04. The van der Waals surface area contributed by atoms with Gasteiger partial charge in [-0.25, -0.2) is 0 Å². The van der Waals surface area contributed by atoms with Gasteiger partial charge in [-0.15, -0.1) is 0 Å². The summed E-state index contributed by atoms with van der Waals surface area (Å²) in [6.45, 7) is 12.4. The fraction of sp³-hybridized carbons (Fsp3) is 0.893. The molecule has 0 aromatic carbocycles. The lowest BCUT2D eigenvalue weighted by atomic mass is 9.46. The first kappa shape index (κ1) is 22.4. The monoisotopic (exact) mass is 414 g/mol. The molecule has 0 spiro atoms. The minimum absolute atomic E-state index is 0.141. The molecule has 4 rings (SSSR count). The second-order valence-electron chi connectivity index (χ2n) is 12.6. The topological polar surface area (TPSA) is 37.3 Å². The van der Waals surface area contributed by atoms with E-state index in [4.69, 9.17) is 0 Å². The predicted octanol–water partition coefficient (Wildman–Crippen LogP) is 7.73. The Labute approximate surface area is 185 Å². The molecule has 0 amide bonds. The van der Waals surface area contributed by atoms with Crippen molar-refractivity contribution in [3.63, 3.8) is 0 Å². The quantitative estimate of drug-likeness (QED) is 0.451. The number of fused-ring (bicyclic) bond motifs is 5. The third-order valence-corrected chi connectivity index (χ3v) is 10.7. The van der Waals surface area contributed by atoms with E-state index < -0.39 is 5.97 Å². The standard InChI is InChI=1S/C28H46O2/c1-18(2)7-6-8-19(3)23-11-12-24-22-10-9-21-17-20(26(29)30)13-15-27(21,4)25(22)14-16-28(23,24)5/h9,18-20,22-25H,6-8,10-17H2,1-5H3,(H,29,30)/t19-,20?,22?,23-,24?,25?,27+,28-/m1/s1. The number of carbonyl (C=O) groups is 1. The normalized spacial score (nSPS) is 44.1. The largest absolute Gasteiger partial charge is 0.481 e. The Bertz CT molecular complexity index is 678. The maximum Gasteiger partial charge on any atom is 0.306 e. The summed E-state index contributed by atoms with van der Waals surface area (Å²) < 4.78 is 0. The van der Waals surface area contributed by atoms with Crippen molar-refractivity contribution in [2.45, 2.75) is 105 Å². The van der Waals surface area contributed by atoms with E-state index in [-0.39, 0.29) is 11.3 Å². The van der Waals surface area contributed by atoms with Crippen LogP contribution in [0.2, 0.25) is 0 Å². The summed E-state index contributed by atoms with van der Waals surface area (Å²) in [6.07, 6.45) is 16.4. The minimum Gasteiger partial charge on any atom is -0.481 e. The van der Waals surface area contributed by atoms with Crippen molar-refractivity contribution in [2.24, 2.45) is 52.3 Å². The van der Waals surface area contributed by atoms with Gasteiger partial charge in [-0.05, 0) is 97.7 Å². The van der Waals surface area contributed by atoms with Crippen molar-refractivity contribution in [1.82, 2.24) is 0 Å². The van der Waals surface area contributed by atoms with Gasteiger partial charge >= 0.3 is 5.97 Å². The molecule has 3 fully saturated rings. The predicted molar refractivity (Wildman–Crippen MR) is 124 cm³/mol. The lowest BCUT2D eigenvalue weighted by Crippen LogP contribution is -2.50. The van der Waals surface area contributed by atoms with E-state index in [1.807, 2.05) is 0 Å². The molecule has 0 saturated heterocycles. The van der Waals surface area contributed by atoms with Crippen molar-refractivity contribution in [3.05, 3.63) is 11.6 Å². The molecule has 30 heavy (non-hydrogen) atoms. The van der Waals surface area contributed by atoms with Crippen molar-refractivity contribution in [1.29, 1.82) is 0 Å². The Balaban J connectivity index is 1.49. The molecule has 4 aliphatic carbocycles. The molecule has 1 N–H and O–H groups in total. The fourth-order valence-corrected chi connectivity index (χ4v) is 8.90. The van der Waals surface area contributed by atoms with Crippen LogP contribution in [0.3, 0.4) is 0 Å². The summed E-state index contributed by atoms with van der Waals surface area (Å²) in [4.78, 5) is 11.6. The van der Waals surface area contributed by atoms with Crippen LogP contribution in [0.15, 0.2) is 11.6 Å². The first-order valence-electron chi connectivity index (χ1n) is 13.1. The smallest absolute Gasteiger partial charge is 0.306 e. The molecule has 2 nitrogen and oxygen atoms in total. The van der Waals surface area contributed by atoms with E-state index in [1.165, 1.54) is 56.9 Å². The zero-order valence-electron chi connectivity index (χ0n) is 20.3. The van der Waals surface area contributed by atoms with Crippen molar-refractivity contribution in [2.75, 3.05) is 0 Å². The second kappa shape index (κ2) is 8.28. The lowest BCUT2D eigenvalue weighted by molar-refractivity contribution is -0.143. The molecule has 0 bridgehead atoms. The molecule has 0 aromatic heterocycles. The van der Waals surface area contributed by atoms with Crippen LogP contribution in [0, 0.1) is 52.3 Å². The second-order valence-corrected chi connectivity index (χ2v) is 12.6. The van der Waals surface area contributed by atoms with Crippen LogP contribution < -0.4 is 0 Å². The van der Waals surface area contributed by atoms with Crippen molar-refractivity contribution in [3.8, 4) is 0 Å². The van der Waals surface area contributed by atoms with Crippen LogP contribution in [-0.4, -0.2) is 11.1 Å². The van der Waals surface area contributed by atoms with E-state index in [9.17, 15) is 9.90 Å². The third kappa shape index (κ3) is 3.69. The van der Waals surface area contributed by atoms with Gasteiger partial charge in [0.15, 0.2) is 0 Å². The summed E-state index contributed by atoms with van der Waals surface area (Å²) >= 11 is 0. The van der Waals surface area contributed by atoms with Crippen LogP contribution in [0.1, 0.15) is 105 Å². The Hall–Kier alpha value is -0.790. The number of hydrogen-bond donors (Lipinski definition) is 1. The molecule has 0 aromatic rings. The number of allylic oxidation sites excluding steroid dienone is 2. The van der Waals surface area contributed by atoms with E-state index in [1.54, 1.807) is 0 Å². The zero-order chi connectivity index (χ0) is 21.7. The van der Waals surface area contributed by atoms with Gasteiger partial charge in [0.05, 0.1) is 5.92 Å². The van der Waals surface area contributed by atoms with E-state index >= 15 is 0 Å². The van der Waals surface area contributed by atoms with Crippen LogP contribution in [0.5, 0.6) is 0 Å². The molecule has 0 heterocycles. The maximum absolute atomic E-state index is 11.6. The summed E-state index contributed by atoms with van der Waals surface area (Å²) in [7, 11) is 0. The highest BCUT2D eigenvalue weighted by Gasteiger charge is 2.59. The maximum atomic E-state index is 11.6. The van der Waals surface area contributed by atoms with E-state index in [2.05, 4.69) is 40.7 Å². The molecular weight excluding hydrogens is 368 g/mol. The SMILES string of the molecule is CC(C)CCC[C@@H](C)[C@H]1CCC2C3CC=C4CC(C(=O)O)CC[C@]4(C)C3CC[C@@]21C. The van der Waals surface area contributed by atoms with Crippen LogP contribution in [0.4, 0.5) is 0 Å². The lowest BCUT2D eigenvalue weighted by Gasteiger charge is -2.58. The van der Waals surface area contributed by atoms with Crippen molar-refractivity contribution < 1.29 is 9.90 Å². The number of hydrogen-bond acceptors (Lipinski definition) is 1. The highest BCUT2D eigenvalue weighted by molar-refractivity contribution is 5.70. The minimum atomic E-state index is -0.582. The number of carboxylic acids is 1. The van der Waals surface area contributed by atoms with Gasteiger partial charge in [-0.3, -0.25) is 4.79 Å². The highest BCUT2D eigenvalue weighted by Crippen LogP contribution is 2.67. The Morgan fingerprint density at radius 2 is 1.83 bits per heavy atom. The first-order chi connectivity index (χ1) is 14.2. The third-order valence-electron chi connectivity index (χ3n) is 10.7. The Kier molecular flexibility index (Phi) is 6.19. The van der Waals surface area contributed by atoms with Gasteiger partial charge in [-0.1, -0.05) is 65.5 Å². The van der Waals surface area contributed by atoms with E-state index in [0.717, 1.165) is 54.8 Å². The van der Waals surface area contributed by atoms with Crippen LogP contribution in [-0.2, 0) is 4.79 Å². The summed E-state index contributed by atoms with van der Waals surface area (Å²) in [5.74, 6) is 4.41. The zero-order valence-corrected chi connectivity index (χ0v) is 20.3. The molecule has 0 radical (unpaired) electrons. The molecule has 8 atom stereocenters. The van der Waals surface area contributed by atoms with Gasteiger partial charge in [-0.2, -0.15) is 0 Å². The van der Waals surface area contributed by atoms with Gasteiger partial charge < -0.3 is 5.11 Å². The van der Waals surface area contributed by atoms with E-state index in [0.29, 0.717) is 5.41 Å². The first-order valence-corrected chi connectivity index (χ1v) is 13.1. The summed E-state index contributed by atoms with van der Waals surface area (Å²) in [5, 5.41) is 9.55. The van der Waals surface area contributed by atoms with Gasteiger partial charge in [0.2, 0.25) is 0 Å².